The van der Waals surface area contributed by atoms with E-state index in [2.05, 4.69) is 5.32 Å². The van der Waals surface area contributed by atoms with Gasteiger partial charge in [-0.25, -0.2) is 4.90 Å². The Morgan fingerprint density at radius 2 is 2.05 bits per heavy atom. The van der Waals surface area contributed by atoms with Gasteiger partial charge < -0.3 is 16.2 Å². The largest absolute Gasteiger partial charge is 0.399 e. The van der Waals surface area contributed by atoms with Crippen LogP contribution in [0.1, 0.15) is 13.8 Å². The third-order valence-electron chi connectivity index (χ3n) is 2.40. The van der Waals surface area contributed by atoms with Crippen molar-refractivity contribution >= 4 is 29.1 Å². The van der Waals surface area contributed by atoms with E-state index in [4.69, 9.17) is 10.8 Å². The van der Waals surface area contributed by atoms with Crippen LogP contribution >= 0.6 is 0 Å². The minimum absolute atomic E-state index is 0.0761. The van der Waals surface area contributed by atoms with E-state index in [0.717, 1.165) is 4.90 Å². The molecule has 0 spiro atoms. The van der Waals surface area contributed by atoms with Gasteiger partial charge in [-0.05, 0) is 25.1 Å². The molecule has 0 saturated carbocycles. The first-order chi connectivity index (χ1) is 9.32. The molecule has 108 valence electrons. The van der Waals surface area contributed by atoms with E-state index in [9.17, 15) is 14.4 Å². The average molecular weight is 279 g/mol. The Labute approximate surface area is 116 Å². The number of nitrogens with zero attached hydrogens (tertiary/aromatic N) is 1. The Hall–Kier alpha value is -2.41. The summed E-state index contributed by atoms with van der Waals surface area (Å²) < 4.78 is 0. The number of amides is 3. The van der Waals surface area contributed by atoms with Crippen molar-refractivity contribution in [3.63, 3.8) is 0 Å². The Morgan fingerprint density at radius 1 is 1.40 bits per heavy atom. The number of aliphatic hydroxyl groups is 1. The molecule has 0 aliphatic rings. The lowest BCUT2D eigenvalue weighted by atomic mass is 10.2. The van der Waals surface area contributed by atoms with Crippen LogP contribution in [-0.4, -0.2) is 35.5 Å². The maximum atomic E-state index is 12.0. The number of rotatable bonds is 3. The van der Waals surface area contributed by atoms with Gasteiger partial charge in [0.25, 0.3) is 0 Å². The first kappa shape index (κ1) is 15.6. The Bertz CT molecular complexity index is 528. The van der Waals surface area contributed by atoms with E-state index in [1.165, 1.54) is 26.0 Å². The third kappa shape index (κ3) is 4.06. The second-order valence-corrected chi connectivity index (χ2v) is 4.31. The van der Waals surface area contributed by atoms with Crippen molar-refractivity contribution in [3.05, 3.63) is 24.3 Å². The second-order valence-electron chi connectivity index (χ2n) is 4.31. The molecular formula is C13H17N3O4. The maximum Gasteiger partial charge on any atom is 0.323 e. The van der Waals surface area contributed by atoms with Gasteiger partial charge in [-0.15, -0.1) is 0 Å². The van der Waals surface area contributed by atoms with Crippen molar-refractivity contribution < 1.29 is 19.5 Å². The molecule has 7 heteroatoms. The van der Waals surface area contributed by atoms with Crippen LogP contribution in [0, 0.1) is 0 Å². The molecule has 0 saturated heterocycles. The topological polar surface area (TPSA) is 113 Å². The summed E-state index contributed by atoms with van der Waals surface area (Å²) in [5, 5.41) is 11.3. The molecule has 0 radical (unpaired) electrons. The SMILES string of the molecule is CC(=O)N(C(=O)C(=O)NCC(C)O)c1cccc(N)c1. The van der Waals surface area contributed by atoms with Crippen LogP contribution in [-0.2, 0) is 14.4 Å². The van der Waals surface area contributed by atoms with E-state index in [-0.39, 0.29) is 12.2 Å². The lowest BCUT2D eigenvalue weighted by Gasteiger charge is -2.19. The molecule has 7 nitrogen and oxygen atoms in total. The highest BCUT2D eigenvalue weighted by Crippen LogP contribution is 2.18. The van der Waals surface area contributed by atoms with Gasteiger partial charge >= 0.3 is 11.8 Å². The number of nitrogens with one attached hydrogen (secondary N) is 1. The highest BCUT2D eigenvalue weighted by atomic mass is 16.3. The fraction of sp³-hybridized carbons (Fsp3) is 0.308. The number of anilines is 2. The molecule has 1 atom stereocenters. The van der Waals surface area contributed by atoms with Crippen molar-refractivity contribution in [3.8, 4) is 0 Å². The standard InChI is InChI=1S/C13H17N3O4/c1-8(17)7-15-12(19)13(20)16(9(2)18)11-5-3-4-10(14)6-11/h3-6,8,17H,7,14H2,1-2H3,(H,15,19). The lowest BCUT2D eigenvalue weighted by Crippen LogP contribution is -2.46. The van der Waals surface area contributed by atoms with Crippen LogP contribution in [0.15, 0.2) is 24.3 Å². The number of hydrogen-bond donors (Lipinski definition) is 3. The highest BCUT2D eigenvalue weighted by molar-refractivity contribution is 6.45. The number of imide groups is 1. The molecular weight excluding hydrogens is 262 g/mol. The average Bonchev–Trinajstić information content (AvgIpc) is 2.35. The molecule has 1 aromatic rings. The van der Waals surface area contributed by atoms with Crippen molar-refractivity contribution in [2.45, 2.75) is 20.0 Å². The monoisotopic (exact) mass is 279 g/mol. The number of aliphatic hydroxyl groups excluding tert-OH is 1. The van der Waals surface area contributed by atoms with Crippen LogP contribution in [0.3, 0.4) is 0 Å². The Balaban J connectivity index is 2.94. The zero-order valence-electron chi connectivity index (χ0n) is 11.3. The van der Waals surface area contributed by atoms with Crippen LogP contribution in [0.5, 0.6) is 0 Å². The predicted molar refractivity (Wildman–Crippen MR) is 73.7 cm³/mol. The van der Waals surface area contributed by atoms with Gasteiger partial charge in [-0.1, -0.05) is 6.07 Å². The first-order valence-corrected chi connectivity index (χ1v) is 5.99. The van der Waals surface area contributed by atoms with Crippen LogP contribution in [0.2, 0.25) is 0 Å². The first-order valence-electron chi connectivity index (χ1n) is 5.99. The molecule has 0 aliphatic heterocycles. The molecule has 0 aliphatic carbocycles. The van der Waals surface area contributed by atoms with Gasteiger partial charge in [0.2, 0.25) is 5.91 Å². The fourth-order valence-electron chi connectivity index (χ4n) is 1.52. The molecule has 3 amide bonds. The van der Waals surface area contributed by atoms with Gasteiger partial charge in [0.05, 0.1) is 11.8 Å². The van der Waals surface area contributed by atoms with E-state index >= 15 is 0 Å². The number of carbonyl (C=O) groups excluding carboxylic acids is 3. The van der Waals surface area contributed by atoms with E-state index < -0.39 is 23.8 Å². The molecule has 20 heavy (non-hydrogen) atoms. The fourth-order valence-corrected chi connectivity index (χ4v) is 1.52. The summed E-state index contributed by atoms with van der Waals surface area (Å²) in [5.41, 5.74) is 6.17. The minimum Gasteiger partial charge on any atom is -0.399 e. The minimum atomic E-state index is -1.02. The van der Waals surface area contributed by atoms with Gasteiger partial charge in [0.1, 0.15) is 0 Å². The van der Waals surface area contributed by atoms with Crippen molar-refractivity contribution in [2.24, 2.45) is 0 Å². The molecule has 1 aromatic carbocycles. The van der Waals surface area contributed by atoms with Gasteiger partial charge in [-0.2, -0.15) is 0 Å². The summed E-state index contributed by atoms with van der Waals surface area (Å²) in [6, 6.07) is 6.08. The Kier molecular flexibility index (Phi) is 5.22. The van der Waals surface area contributed by atoms with Gasteiger partial charge in [-0.3, -0.25) is 14.4 Å². The predicted octanol–water partition coefficient (Wildman–Crippen LogP) is -0.355. The summed E-state index contributed by atoms with van der Waals surface area (Å²) >= 11 is 0. The smallest absolute Gasteiger partial charge is 0.323 e. The molecule has 1 rings (SSSR count). The maximum absolute atomic E-state index is 12.0. The van der Waals surface area contributed by atoms with Crippen LogP contribution in [0.25, 0.3) is 0 Å². The summed E-state index contributed by atoms with van der Waals surface area (Å²) in [6.45, 7) is 2.56. The van der Waals surface area contributed by atoms with Gasteiger partial charge in [0, 0.05) is 19.2 Å². The van der Waals surface area contributed by atoms with Crippen LogP contribution in [0.4, 0.5) is 11.4 Å². The molecule has 1 unspecified atom stereocenters. The zero-order valence-corrected chi connectivity index (χ0v) is 11.3. The molecule has 0 bridgehead atoms. The van der Waals surface area contributed by atoms with E-state index in [0.29, 0.717) is 5.69 Å². The van der Waals surface area contributed by atoms with Crippen molar-refractivity contribution in [2.75, 3.05) is 17.2 Å². The third-order valence-corrected chi connectivity index (χ3v) is 2.40. The van der Waals surface area contributed by atoms with Gasteiger partial charge in [0.15, 0.2) is 0 Å². The number of nitrogen functional groups attached to an aromatic ring is 1. The summed E-state index contributed by atoms with van der Waals surface area (Å²) in [6.07, 6.45) is -0.787. The second kappa shape index (κ2) is 6.67. The molecule has 0 aromatic heterocycles. The van der Waals surface area contributed by atoms with Crippen LogP contribution < -0.4 is 16.0 Å². The summed E-state index contributed by atoms with van der Waals surface area (Å²) in [4.78, 5) is 35.9. The number of nitrogens with two attached hydrogens (primary N) is 1. The number of carbonyl (C=O) groups is 3. The Morgan fingerprint density at radius 3 is 2.55 bits per heavy atom. The van der Waals surface area contributed by atoms with E-state index in [1.54, 1.807) is 12.1 Å². The molecule has 4 N–H and O–H groups in total. The lowest BCUT2D eigenvalue weighted by molar-refractivity contribution is -0.139. The molecule has 0 heterocycles. The normalized spacial score (nSPS) is 11.6. The molecule has 0 fully saturated rings. The highest BCUT2D eigenvalue weighted by Gasteiger charge is 2.26. The summed E-state index contributed by atoms with van der Waals surface area (Å²) in [7, 11) is 0. The number of hydrogen-bond acceptors (Lipinski definition) is 5. The van der Waals surface area contributed by atoms with Crippen molar-refractivity contribution in [1.29, 1.82) is 0 Å². The summed E-state index contributed by atoms with van der Waals surface area (Å²) in [5.74, 6) is -2.60. The van der Waals surface area contributed by atoms with Crippen molar-refractivity contribution in [1.82, 2.24) is 5.32 Å². The zero-order chi connectivity index (χ0) is 15.3. The number of benzene rings is 1. The van der Waals surface area contributed by atoms with E-state index in [1.807, 2.05) is 0 Å². The quantitative estimate of drug-likeness (QED) is 0.517.